The number of hydrogen-bond donors (Lipinski definition) is 2. The monoisotopic (exact) mass is 350 g/mol. The second-order valence-corrected chi connectivity index (χ2v) is 5.35. The standard InChI is InChI=1S/C16H19BrN2O2/c1-20-10-11-21-15-9-5-3-7-13(15)16(19-18)12-6-2-4-8-14(12)17/h2-9,16,19H,10-11,18H2,1H3. The molecule has 0 saturated heterocycles. The van der Waals surface area contributed by atoms with Gasteiger partial charge in [-0.3, -0.25) is 5.84 Å². The Hall–Kier alpha value is -1.40. The summed E-state index contributed by atoms with van der Waals surface area (Å²) < 4.78 is 11.8. The average Bonchev–Trinajstić information content (AvgIpc) is 2.51. The molecule has 0 fully saturated rings. The maximum atomic E-state index is 5.79. The normalized spacial score (nSPS) is 12.1. The summed E-state index contributed by atoms with van der Waals surface area (Å²) in [7, 11) is 1.65. The van der Waals surface area contributed by atoms with Gasteiger partial charge in [0.15, 0.2) is 0 Å². The zero-order valence-electron chi connectivity index (χ0n) is 11.9. The Labute approximate surface area is 133 Å². The molecule has 0 saturated carbocycles. The predicted molar refractivity (Wildman–Crippen MR) is 87.1 cm³/mol. The van der Waals surface area contributed by atoms with Gasteiger partial charge in [-0.25, -0.2) is 5.43 Å². The van der Waals surface area contributed by atoms with Crippen LogP contribution in [0.2, 0.25) is 0 Å². The molecule has 0 amide bonds. The molecule has 2 rings (SSSR count). The molecule has 0 spiro atoms. The Morgan fingerprint density at radius 2 is 1.71 bits per heavy atom. The van der Waals surface area contributed by atoms with Crippen molar-refractivity contribution in [3.63, 3.8) is 0 Å². The molecule has 2 aromatic rings. The van der Waals surface area contributed by atoms with E-state index in [2.05, 4.69) is 21.4 Å². The third-order valence-corrected chi connectivity index (χ3v) is 3.88. The quantitative estimate of drug-likeness (QED) is 0.457. The summed E-state index contributed by atoms with van der Waals surface area (Å²) in [4.78, 5) is 0. The van der Waals surface area contributed by atoms with Gasteiger partial charge in [0.1, 0.15) is 12.4 Å². The van der Waals surface area contributed by atoms with Crippen LogP contribution in [0.15, 0.2) is 53.0 Å². The van der Waals surface area contributed by atoms with E-state index in [0.29, 0.717) is 13.2 Å². The highest BCUT2D eigenvalue weighted by Gasteiger charge is 2.18. The Morgan fingerprint density at radius 1 is 1.05 bits per heavy atom. The molecule has 0 radical (unpaired) electrons. The summed E-state index contributed by atoms with van der Waals surface area (Å²) in [6.07, 6.45) is 0. The van der Waals surface area contributed by atoms with Crippen LogP contribution < -0.4 is 16.0 Å². The maximum absolute atomic E-state index is 5.79. The Kier molecular flexibility index (Phi) is 6.20. The molecule has 4 nitrogen and oxygen atoms in total. The van der Waals surface area contributed by atoms with Crippen LogP contribution in [-0.2, 0) is 4.74 Å². The van der Waals surface area contributed by atoms with Crippen molar-refractivity contribution < 1.29 is 9.47 Å². The van der Waals surface area contributed by atoms with Gasteiger partial charge in [0, 0.05) is 17.1 Å². The number of rotatable bonds is 7. The van der Waals surface area contributed by atoms with E-state index in [4.69, 9.17) is 15.3 Å². The minimum absolute atomic E-state index is 0.153. The lowest BCUT2D eigenvalue weighted by molar-refractivity contribution is 0.145. The minimum Gasteiger partial charge on any atom is -0.491 e. The molecule has 3 N–H and O–H groups in total. The average molecular weight is 351 g/mol. The highest BCUT2D eigenvalue weighted by molar-refractivity contribution is 9.10. The van der Waals surface area contributed by atoms with E-state index in [1.165, 1.54) is 0 Å². The van der Waals surface area contributed by atoms with Gasteiger partial charge in [0.2, 0.25) is 0 Å². The lowest BCUT2D eigenvalue weighted by Gasteiger charge is -2.21. The first-order valence-corrected chi connectivity index (χ1v) is 7.48. The Bertz CT molecular complexity index is 578. The van der Waals surface area contributed by atoms with Crippen molar-refractivity contribution in [2.45, 2.75) is 6.04 Å². The van der Waals surface area contributed by atoms with Crippen LogP contribution in [-0.4, -0.2) is 20.3 Å². The fourth-order valence-electron chi connectivity index (χ4n) is 2.14. The molecule has 0 aromatic heterocycles. The van der Waals surface area contributed by atoms with Crippen molar-refractivity contribution in [1.29, 1.82) is 0 Å². The number of para-hydroxylation sites is 1. The van der Waals surface area contributed by atoms with E-state index < -0.39 is 0 Å². The molecule has 112 valence electrons. The predicted octanol–water partition coefficient (Wildman–Crippen LogP) is 3.03. The number of ether oxygens (including phenoxy) is 2. The van der Waals surface area contributed by atoms with E-state index in [9.17, 15) is 0 Å². The smallest absolute Gasteiger partial charge is 0.124 e. The van der Waals surface area contributed by atoms with Crippen LogP contribution in [0.4, 0.5) is 0 Å². The second-order valence-electron chi connectivity index (χ2n) is 4.50. The third kappa shape index (κ3) is 4.04. The molecule has 0 aliphatic heterocycles. The summed E-state index contributed by atoms with van der Waals surface area (Å²) in [5.41, 5.74) is 4.91. The van der Waals surface area contributed by atoms with Gasteiger partial charge in [-0.2, -0.15) is 0 Å². The summed E-state index contributed by atoms with van der Waals surface area (Å²) in [6.45, 7) is 1.05. The van der Waals surface area contributed by atoms with Gasteiger partial charge in [-0.05, 0) is 17.7 Å². The van der Waals surface area contributed by atoms with Gasteiger partial charge in [-0.1, -0.05) is 52.3 Å². The fraction of sp³-hybridized carbons (Fsp3) is 0.250. The Morgan fingerprint density at radius 3 is 2.38 bits per heavy atom. The lowest BCUT2D eigenvalue weighted by Crippen LogP contribution is -2.29. The summed E-state index contributed by atoms with van der Waals surface area (Å²) in [5.74, 6) is 6.58. The first-order chi connectivity index (χ1) is 10.3. The number of nitrogens with two attached hydrogens (primary N) is 1. The first kappa shape index (κ1) is 16.0. The van der Waals surface area contributed by atoms with Crippen LogP contribution in [0, 0.1) is 0 Å². The molecule has 2 aromatic carbocycles. The van der Waals surface area contributed by atoms with Crippen molar-refractivity contribution >= 4 is 15.9 Å². The van der Waals surface area contributed by atoms with Crippen molar-refractivity contribution in [3.05, 3.63) is 64.1 Å². The number of nitrogens with one attached hydrogen (secondary N) is 1. The zero-order valence-corrected chi connectivity index (χ0v) is 13.5. The van der Waals surface area contributed by atoms with Crippen LogP contribution in [0.3, 0.4) is 0 Å². The van der Waals surface area contributed by atoms with Gasteiger partial charge in [-0.15, -0.1) is 0 Å². The van der Waals surface area contributed by atoms with E-state index in [-0.39, 0.29) is 6.04 Å². The molecule has 0 aliphatic rings. The number of hydrogen-bond acceptors (Lipinski definition) is 4. The van der Waals surface area contributed by atoms with E-state index in [1.807, 2.05) is 48.5 Å². The van der Waals surface area contributed by atoms with Gasteiger partial charge in [0.05, 0.1) is 12.6 Å². The molecule has 1 unspecified atom stereocenters. The van der Waals surface area contributed by atoms with Gasteiger partial charge < -0.3 is 9.47 Å². The van der Waals surface area contributed by atoms with Crippen molar-refractivity contribution in [1.82, 2.24) is 5.43 Å². The summed E-state index contributed by atoms with van der Waals surface area (Å²) in [6, 6.07) is 15.7. The van der Waals surface area contributed by atoms with Crippen LogP contribution in [0.25, 0.3) is 0 Å². The molecule has 5 heteroatoms. The van der Waals surface area contributed by atoms with Crippen molar-refractivity contribution in [2.24, 2.45) is 5.84 Å². The zero-order chi connectivity index (χ0) is 15.1. The van der Waals surface area contributed by atoms with Crippen molar-refractivity contribution in [2.75, 3.05) is 20.3 Å². The van der Waals surface area contributed by atoms with Gasteiger partial charge >= 0.3 is 0 Å². The fourth-order valence-corrected chi connectivity index (χ4v) is 2.66. The van der Waals surface area contributed by atoms with E-state index in [0.717, 1.165) is 21.3 Å². The van der Waals surface area contributed by atoms with Crippen LogP contribution >= 0.6 is 15.9 Å². The number of methoxy groups -OCH3 is 1. The number of halogens is 1. The largest absolute Gasteiger partial charge is 0.491 e. The maximum Gasteiger partial charge on any atom is 0.124 e. The van der Waals surface area contributed by atoms with Gasteiger partial charge in [0.25, 0.3) is 0 Å². The minimum atomic E-state index is -0.153. The molecule has 0 bridgehead atoms. The molecule has 0 heterocycles. The summed E-state index contributed by atoms with van der Waals surface area (Å²) in [5, 5.41) is 0. The highest BCUT2D eigenvalue weighted by Crippen LogP contribution is 2.33. The molecular weight excluding hydrogens is 332 g/mol. The van der Waals surface area contributed by atoms with E-state index in [1.54, 1.807) is 7.11 Å². The molecular formula is C16H19BrN2O2. The highest BCUT2D eigenvalue weighted by atomic mass is 79.9. The van der Waals surface area contributed by atoms with Crippen LogP contribution in [0.1, 0.15) is 17.2 Å². The van der Waals surface area contributed by atoms with Crippen molar-refractivity contribution in [3.8, 4) is 5.75 Å². The topological polar surface area (TPSA) is 56.5 Å². The Balaban J connectivity index is 2.32. The lowest BCUT2D eigenvalue weighted by atomic mass is 9.98. The SMILES string of the molecule is COCCOc1ccccc1C(NN)c1ccccc1Br. The molecule has 0 aliphatic carbocycles. The number of benzene rings is 2. The summed E-state index contributed by atoms with van der Waals surface area (Å²) >= 11 is 3.57. The molecule has 21 heavy (non-hydrogen) atoms. The second kappa shape index (κ2) is 8.14. The third-order valence-electron chi connectivity index (χ3n) is 3.16. The number of hydrazine groups is 1. The van der Waals surface area contributed by atoms with E-state index >= 15 is 0 Å². The first-order valence-electron chi connectivity index (χ1n) is 6.69. The molecule has 1 atom stereocenters. The van der Waals surface area contributed by atoms with Crippen LogP contribution in [0.5, 0.6) is 5.75 Å².